The van der Waals surface area contributed by atoms with E-state index in [2.05, 4.69) is 104 Å². The minimum atomic E-state index is 0.123. The third-order valence-corrected chi connectivity index (χ3v) is 4.48. The second-order valence-corrected chi connectivity index (χ2v) is 6.70. The van der Waals surface area contributed by atoms with Gasteiger partial charge in [0.2, 0.25) is 5.65 Å². The van der Waals surface area contributed by atoms with Crippen LogP contribution < -0.4 is 11.5 Å². The summed E-state index contributed by atoms with van der Waals surface area (Å²) < 4.78 is 3.21. The molecule has 0 amide bonds. The lowest BCUT2D eigenvalue weighted by Gasteiger charge is -1.99. The summed E-state index contributed by atoms with van der Waals surface area (Å²) in [5, 5.41) is 14.1. The van der Waals surface area contributed by atoms with Gasteiger partial charge in [-0.3, -0.25) is 0 Å². The number of nitrogen functional groups attached to an aromatic ring is 2. The Morgan fingerprint density at radius 2 is 1.62 bits per heavy atom. The Labute approximate surface area is 166 Å². The molecular formula is C8H4Br4N12. The van der Waals surface area contributed by atoms with Gasteiger partial charge in [-0.2, -0.15) is 4.52 Å². The molecule has 0 aromatic carbocycles. The van der Waals surface area contributed by atoms with Crippen LogP contribution in [0.4, 0.5) is 17.5 Å². The normalized spacial score (nSPS) is 10.0. The van der Waals surface area contributed by atoms with E-state index in [0.29, 0.717) is 29.9 Å². The highest BCUT2D eigenvalue weighted by atomic mass is 79.9. The Hall–Kier alpha value is -1.61. The molecule has 0 fully saturated rings. The molecule has 0 saturated carbocycles. The van der Waals surface area contributed by atoms with Crippen LogP contribution in [0.3, 0.4) is 0 Å². The van der Waals surface area contributed by atoms with Crippen molar-refractivity contribution in [1.82, 2.24) is 35.0 Å². The topological polar surface area (TPSA) is 183 Å². The van der Waals surface area contributed by atoms with Crippen LogP contribution in [0, 0.1) is 0 Å². The van der Waals surface area contributed by atoms with Crippen molar-refractivity contribution < 1.29 is 0 Å². The Morgan fingerprint density at radius 3 is 2.29 bits per heavy atom. The van der Waals surface area contributed by atoms with E-state index >= 15 is 0 Å². The molecule has 12 nitrogen and oxygen atoms in total. The Balaban J connectivity index is 0.000000174. The first-order valence-corrected chi connectivity index (χ1v) is 8.74. The Kier molecular flexibility index (Phi) is 6.22. The van der Waals surface area contributed by atoms with Gasteiger partial charge in [-0.25, -0.2) is 15.0 Å². The fourth-order valence-electron chi connectivity index (χ4n) is 1.26. The number of fused-ring (bicyclic) bond motifs is 1. The van der Waals surface area contributed by atoms with Crippen LogP contribution in [0.2, 0.25) is 0 Å². The number of anilines is 2. The molecule has 0 aliphatic heterocycles. The zero-order valence-corrected chi connectivity index (χ0v) is 17.5. The van der Waals surface area contributed by atoms with Crippen LogP contribution in [0.25, 0.3) is 16.1 Å². The molecule has 16 heteroatoms. The van der Waals surface area contributed by atoms with Crippen molar-refractivity contribution in [2.45, 2.75) is 0 Å². The van der Waals surface area contributed by atoms with E-state index in [0.717, 1.165) is 0 Å². The van der Waals surface area contributed by atoms with Gasteiger partial charge in [-0.05, 0) is 84.8 Å². The fourth-order valence-corrected chi connectivity index (χ4v) is 3.12. The predicted molar refractivity (Wildman–Crippen MR) is 99.0 cm³/mol. The molecule has 0 radical (unpaired) electrons. The lowest BCUT2D eigenvalue weighted by atomic mass is 10.6. The van der Waals surface area contributed by atoms with Crippen molar-refractivity contribution >= 4 is 86.8 Å². The Bertz CT molecular complexity index is 948. The van der Waals surface area contributed by atoms with E-state index in [-0.39, 0.29) is 11.6 Å². The van der Waals surface area contributed by atoms with E-state index in [1.54, 1.807) is 0 Å². The van der Waals surface area contributed by atoms with Gasteiger partial charge >= 0.3 is 0 Å². The molecule has 3 aromatic heterocycles. The van der Waals surface area contributed by atoms with Gasteiger partial charge in [0.15, 0.2) is 22.1 Å². The monoisotopic (exact) mass is 584 g/mol. The molecule has 24 heavy (non-hydrogen) atoms. The summed E-state index contributed by atoms with van der Waals surface area (Å²) >= 11 is 12.5. The highest BCUT2D eigenvalue weighted by Gasteiger charge is 2.10. The summed E-state index contributed by atoms with van der Waals surface area (Å²) in [5.74, 6) is 0.678. The number of rotatable bonds is 1. The molecule has 3 heterocycles. The third-order valence-electron chi connectivity index (χ3n) is 2.25. The second-order valence-electron chi connectivity index (χ2n) is 3.70. The third kappa shape index (κ3) is 4.07. The molecule has 0 bridgehead atoms. The zero-order valence-electron chi connectivity index (χ0n) is 11.1. The quantitative estimate of drug-likeness (QED) is 0.247. The van der Waals surface area contributed by atoms with Gasteiger partial charge < -0.3 is 11.5 Å². The number of azide groups is 1. The van der Waals surface area contributed by atoms with E-state index in [1.165, 1.54) is 4.52 Å². The van der Waals surface area contributed by atoms with Crippen LogP contribution in [-0.4, -0.2) is 35.0 Å². The number of tetrazole rings is 1. The number of hydrogen-bond donors (Lipinski definition) is 2. The average molecular weight is 588 g/mol. The lowest BCUT2D eigenvalue weighted by molar-refractivity contribution is 0.824. The molecule has 0 saturated heterocycles. The molecule has 4 N–H and O–H groups in total. The first-order valence-electron chi connectivity index (χ1n) is 5.57. The summed E-state index contributed by atoms with van der Waals surface area (Å²) in [6.07, 6.45) is 0. The average Bonchev–Trinajstić information content (AvgIpc) is 3.02. The number of nitrogens with zero attached hydrogens (tertiary/aromatic N) is 10. The largest absolute Gasteiger partial charge is 0.381 e. The summed E-state index contributed by atoms with van der Waals surface area (Å²) in [4.78, 5) is 14.2. The lowest BCUT2D eigenvalue weighted by Crippen LogP contribution is -2.02. The highest BCUT2D eigenvalue weighted by molar-refractivity contribution is 9.11. The van der Waals surface area contributed by atoms with Gasteiger partial charge in [-0.15, -0.1) is 5.10 Å². The van der Waals surface area contributed by atoms with Crippen LogP contribution in [0.5, 0.6) is 0 Å². The maximum atomic E-state index is 8.12. The van der Waals surface area contributed by atoms with Gasteiger partial charge in [0.05, 0.1) is 0 Å². The second kappa shape index (κ2) is 7.98. The highest BCUT2D eigenvalue weighted by Crippen LogP contribution is 2.26. The summed E-state index contributed by atoms with van der Waals surface area (Å²) in [6.45, 7) is 0. The van der Waals surface area contributed by atoms with Crippen molar-refractivity contribution in [1.29, 1.82) is 0 Å². The SMILES string of the molecule is Nc1c(Br)nc(Br)c2nnnn12.[N-]=[N+]=Nc1nc(N)c(Br)nc1Br. The minimum absolute atomic E-state index is 0.123. The number of halogens is 4. The summed E-state index contributed by atoms with van der Waals surface area (Å²) in [6, 6.07) is 0. The van der Waals surface area contributed by atoms with E-state index in [9.17, 15) is 0 Å². The fraction of sp³-hybridized carbons (Fsp3) is 0. The van der Waals surface area contributed by atoms with Gasteiger partial charge in [0, 0.05) is 4.91 Å². The van der Waals surface area contributed by atoms with Gasteiger partial charge in [0.25, 0.3) is 0 Å². The zero-order chi connectivity index (χ0) is 17.9. The first-order chi connectivity index (χ1) is 11.3. The number of hydrogen-bond acceptors (Lipinski definition) is 9. The van der Waals surface area contributed by atoms with Crippen LogP contribution >= 0.6 is 63.7 Å². The molecule has 0 unspecified atom stereocenters. The van der Waals surface area contributed by atoms with Crippen molar-refractivity contribution in [3.63, 3.8) is 0 Å². The molecular weight excluding hydrogens is 584 g/mol. The van der Waals surface area contributed by atoms with Crippen molar-refractivity contribution in [2.24, 2.45) is 5.11 Å². The summed E-state index contributed by atoms with van der Waals surface area (Å²) in [7, 11) is 0. The van der Waals surface area contributed by atoms with E-state index < -0.39 is 0 Å². The molecule has 0 aliphatic carbocycles. The standard InChI is InChI=1S/2C4H2Br2N6/c5-1-3(7)12-4(2(6)8-1)9-10-11-12;5-1-3(7)10-4(11-12-8)2(6)9-1/h7H2;(H2,7,10). The van der Waals surface area contributed by atoms with Crippen LogP contribution in [0.15, 0.2) is 23.5 Å². The smallest absolute Gasteiger partial charge is 0.214 e. The van der Waals surface area contributed by atoms with Gasteiger partial charge in [-0.1, -0.05) is 0 Å². The Morgan fingerprint density at radius 1 is 0.958 bits per heavy atom. The molecule has 0 spiro atoms. The predicted octanol–water partition coefficient (Wildman–Crippen LogP) is 3.15. The van der Waals surface area contributed by atoms with Gasteiger partial charge in [0.1, 0.15) is 13.8 Å². The van der Waals surface area contributed by atoms with Crippen molar-refractivity contribution in [3.8, 4) is 0 Å². The van der Waals surface area contributed by atoms with Crippen LogP contribution in [0.1, 0.15) is 0 Å². The minimum Gasteiger partial charge on any atom is -0.381 e. The number of aromatic nitrogens is 7. The maximum absolute atomic E-state index is 8.12. The van der Waals surface area contributed by atoms with Crippen LogP contribution in [-0.2, 0) is 0 Å². The van der Waals surface area contributed by atoms with E-state index in [1.807, 2.05) is 0 Å². The molecule has 124 valence electrons. The molecule has 3 aromatic rings. The van der Waals surface area contributed by atoms with Crippen molar-refractivity contribution in [2.75, 3.05) is 11.5 Å². The maximum Gasteiger partial charge on any atom is 0.214 e. The molecule has 0 atom stereocenters. The summed E-state index contributed by atoms with van der Waals surface area (Å²) in [5.41, 5.74) is 19.6. The molecule has 3 rings (SSSR count). The number of nitrogens with two attached hydrogens (primary N) is 2. The molecule has 0 aliphatic rings. The van der Waals surface area contributed by atoms with Crippen molar-refractivity contribution in [3.05, 3.63) is 28.9 Å². The van der Waals surface area contributed by atoms with E-state index in [4.69, 9.17) is 17.0 Å². The first kappa shape index (κ1) is 18.7.